The number of carbonyl (C=O) groups excluding carboxylic acids is 1. The molecule has 22 heavy (non-hydrogen) atoms. The molecule has 0 saturated heterocycles. The van der Waals surface area contributed by atoms with E-state index in [1.165, 1.54) is 12.1 Å². The number of nitrogens with zero attached hydrogens (tertiary/aromatic N) is 1. The summed E-state index contributed by atoms with van der Waals surface area (Å²) in [6.45, 7) is 5.52. The van der Waals surface area contributed by atoms with Gasteiger partial charge in [0.25, 0.3) is 5.69 Å². The first-order chi connectivity index (χ1) is 10.3. The highest BCUT2D eigenvalue weighted by atomic mass is 16.6. The minimum Gasteiger partial charge on any atom is -0.459 e. The van der Waals surface area contributed by atoms with Gasteiger partial charge >= 0.3 is 0 Å². The molecular formula is C15H19N3O4. The van der Waals surface area contributed by atoms with Gasteiger partial charge in [-0.25, -0.2) is 0 Å². The molecule has 1 unspecified atom stereocenters. The summed E-state index contributed by atoms with van der Waals surface area (Å²) >= 11 is 0. The minimum atomic E-state index is -0.590. The Balaban J connectivity index is 2.20. The molecule has 0 spiro atoms. The molecule has 3 N–H and O–H groups in total. The SMILES string of the molecule is CC(NC(=O)[C@@H](N)C(C)C)c1cc2cc([N+](=O)[O-])ccc2o1. The lowest BCUT2D eigenvalue weighted by molar-refractivity contribution is -0.384. The Labute approximate surface area is 127 Å². The van der Waals surface area contributed by atoms with Crippen molar-refractivity contribution in [3.8, 4) is 0 Å². The zero-order valence-corrected chi connectivity index (χ0v) is 12.7. The number of amides is 1. The maximum atomic E-state index is 12.0. The van der Waals surface area contributed by atoms with E-state index in [1.54, 1.807) is 19.1 Å². The Hall–Kier alpha value is -2.41. The number of carbonyl (C=O) groups is 1. The number of rotatable bonds is 5. The standard InChI is InChI=1S/C15H19N3O4/c1-8(2)14(16)15(19)17-9(3)13-7-10-6-11(18(20)21)4-5-12(10)22-13/h4-9,14H,16H2,1-3H3,(H,17,19)/t9?,14-/m0/s1. The van der Waals surface area contributed by atoms with Crippen molar-refractivity contribution in [2.24, 2.45) is 11.7 Å². The van der Waals surface area contributed by atoms with Gasteiger partial charge in [0.15, 0.2) is 0 Å². The summed E-state index contributed by atoms with van der Waals surface area (Å²) < 4.78 is 5.63. The largest absolute Gasteiger partial charge is 0.459 e. The van der Waals surface area contributed by atoms with Gasteiger partial charge < -0.3 is 15.5 Å². The third-order valence-electron chi connectivity index (χ3n) is 3.54. The van der Waals surface area contributed by atoms with Crippen molar-refractivity contribution in [2.45, 2.75) is 32.9 Å². The molecule has 7 heteroatoms. The molecule has 0 aliphatic rings. The van der Waals surface area contributed by atoms with Crippen molar-refractivity contribution in [3.63, 3.8) is 0 Å². The number of benzene rings is 1. The minimum absolute atomic E-state index is 0.00151. The number of fused-ring (bicyclic) bond motifs is 1. The molecule has 2 aromatic rings. The summed E-state index contributed by atoms with van der Waals surface area (Å²) in [4.78, 5) is 22.3. The zero-order chi connectivity index (χ0) is 16.4. The number of nitrogens with two attached hydrogens (primary N) is 1. The monoisotopic (exact) mass is 305 g/mol. The fourth-order valence-corrected chi connectivity index (χ4v) is 2.06. The highest BCUT2D eigenvalue weighted by Crippen LogP contribution is 2.27. The van der Waals surface area contributed by atoms with E-state index in [9.17, 15) is 14.9 Å². The lowest BCUT2D eigenvalue weighted by Crippen LogP contribution is -2.44. The Morgan fingerprint density at radius 3 is 2.59 bits per heavy atom. The Morgan fingerprint density at radius 2 is 2.00 bits per heavy atom. The number of furan rings is 1. The van der Waals surface area contributed by atoms with E-state index < -0.39 is 11.0 Å². The summed E-state index contributed by atoms with van der Waals surface area (Å²) in [5.74, 6) is 0.305. The topological polar surface area (TPSA) is 111 Å². The van der Waals surface area contributed by atoms with Crippen LogP contribution in [0.4, 0.5) is 5.69 Å². The molecule has 2 atom stereocenters. The first-order valence-electron chi connectivity index (χ1n) is 7.03. The second kappa shape index (κ2) is 6.15. The van der Waals surface area contributed by atoms with Crippen LogP contribution in [0.15, 0.2) is 28.7 Å². The maximum Gasteiger partial charge on any atom is 0.270 e. The molecule has 0 aliphatic carbocycles. The molecule has 1 amide bonds. The average Bonchev–Trinajstić information content (AvgIpc) is 2.88. The molecule has 0 fully saturated rings. The van der Waals surface area contributed by atoms with Crippen LogP contribution in [-0.2, 0) is 4.79 Å². The second-order valence-corrected chi connectivity index (χ2v) is 5.63. The average molecular weight is 305 g/mol. The van der Waals surface area contributed by atoms with Crippen molar-refractivity contribution in [3.05, 3.63) is 40.1 Å². The van der Waals surface area contributed by atoms with Crippen molar-refractivity contribution < 1.29 is 14.1 Å². The van der Waals surface area contributed by atoms with Gasteiger partial charge in [-0.2, -0.15) is 0 Å². The normalized spacial score (nSPS) is 14.0. The van der Waals surface area contributed by atoms with E-state index in [1.807, 2.05) is 13.8 Å². The third kappa shape index (κ3) is 3.25. The molecular weight excluding hydrogens is 286 g/mol. The van der Waals surface area contributed by atoms with Gasteiger partial charge in [0.1, 0.15) is 11.3 Å². The molecule has 118 valence electrons. The van der Waals surface area contributed by atoms with Crippen LogP contribution in [0.3, 0.4) is 0 Å². The molecule has 1 aromatic heterocycles. The maximum absolute atomic E-state index is 12.0. The summed E-state index contributed by atoms with van der Waals surface area (Å²) in [5, 5.41) is 14.2. The van der Waals surface area contributed by atoms with Crippen LogP contribution in [0.1, 0.15) is 32.6 Å². The van der Waals surface area contributed by atoms with Gasteiger partial charge in [-0.1, -0.05) is 13.8 Å². The van der Waals surface area contributed by atoms with Crippen LogP contribution in [0.25, 0.3) is 11.0 Å². The third-order valence-corrected chi connectivity index (χ3v) is 3.54. The number of hydrogen-bond donors (Lipinski definition) is 2. The van der Waals surface area contributed by atoms with E-state index >= 15 is 0 Å². The summed E-state index contributed by atoms with van der Waals surface area (Å²) in [5.41, 5.74) is 6.33. The molecule has 2 rings (SSSR count). The molecule has 1 aromatic carbocycles. The highest BCUT2D eigenvalue weighted by molar-refractivity contribution is 5.83. The molecule has 0 saturated carbocycles. The van der Waals surface area contributed by atoms with Crippen LogP contribution in [0.5, 0.6) is 0 Å². The van der Waals surface area contributed by atoms with E-state index in [4.69, 9.17) is 10.2 Å². The lowest BCUT2D eigenvalue weighted by Gasteiger charge is -2.18. The smallest absolute Gasteiger partial charge is 0.270 e. The molecule has 0 radical (unpaired) electrons. The Kier molecular flexibility index (Phi) is 4.46. The quantitative estimate of drug-likeness (QED) is 0.651. The van der Waals surface area contributed by atoms with Crippen LogP contribution >= 0.6 is 0 Å². The molecule has 0 aliphatic heterocycles. The molecule has 1 heterocycles. The predicted molar refractivity (Wildman–Crippen MR) is 82.2 cm³/mol. The zero-order valence-electron chi connectivity index (χ0n) is 12.7. The summed E-state index contributed by atoms with van der Waals surface area (Å²) in [6, 6.07) is 5.10. The van der Waals surface area contributed by atoms with Gasteiger partial charge in [0, 0.05) is 17.5 Å². The van der Waals surface area contributed by atoms with Gasteiger partial charge in [-0.3, -0.25) is 14.9 Å². The van der Waals surface area contributed by atoms with E-state index in [0.717, 1.165) is 0 Å². The number of nitro benzene ring substituents is 1. The summed E-state index contributed by atoms with van der Waals surface area (Å²) in [6.07, 6.45) is 0. The first-order valence-corrected chi connectivity index (χ1v) is 7.03. The van der Waals surface area contributed by atoms with Gasteiger partial charge in [-0.05, 0) is 25.0 Å². The van der Waals surface area contributed by atoms with Crippen LogP contribution in [0, 0.1) is 16.0 Å². The highest BCUT2D eigenvalue weighted by Gasteiger charge is 2.21. The van der Waals surface area contributed by atoms with E-state index in [2.05, 4.69) is 5.32 Å². The van der Waals surface area contributed by atoms with E-state index in [-0.39, 0.29) is 23.6 Å². The van der Waals surface area contributed by atoms with Crippen molar-refractivity contribution in [2.75, 3.05) is 0 Å². The number of nitrogens with one attached hydrogen (secondary N) is 1. The van der Waals surface area contributed by atoms with Crippen LogP contribution in [-0.4, -0.2) is 16.9 Å². The predicted octanol–water partition coefficient (Wildman–Crippen LogP) is 2.50. The Bertz CT molecular complexity index is 708. The van der Waals surface area contributed by atoms with Gasteiger partial charge in [0.05, 0.1) is 17.0 Å². The lowest BCUT2D eigenvalue weighted by atomic mass is 10.0. The first kappa shape index (κ1) is 16.0. The molecule has 7 nitrogen and oxygen atoms in total. The molecule has 0 bridgehead atoms. The van der Waals surface area contributed by atoms with Crippen molar-refractivity contribution in [1.82, 2.24) is 5.32 Å². The number of hydrogen-bond acceptors (Lipinski definition) is 5. The number of non-ortho nitro benzene ring substituents is 1. The van der Waals surface area contributed by atoms with Crippen LogP contribution < -0.4 is 11.1 Å². The van der Waals surface area contributed by atoms with Gasteiger partial charge in [0.2, 0.25) is 5.91 Å². The van der Waals surface area contributed by atoms with E-state index in [0.29, 0.717) is 16.7 Å². The second-order valence-electron chi connectivity index (χ2n) is 5.63. The van der Waals surface area contributed by atoms with Crippen molar-refractivity contribution >= 4 is 22.6 Å². The van der Waals surface area contributed by atoms with Crippen molar-refractivity contribution in [1.29, 1.82) is 0 Å². The number of nitro groups is 1. The summed E-state index contributed by atoms with van der Waals surface area (Å²) in [7, 11) is 0. The van der Waals surface area contributed by atoms with Gasteiger partial charge in [-0.15, -0.1) is 0 Å². The van der Waals surface area contributed by atoms with Crippen LogP contribution in [0.2, 0.25) is 0 Å². The Morgan fingerprint density at radius 1 is 1.32 bits per heavy atom. The fourth-order valence-electron chi connectivity index (χ4n) is 2.06. The fraction of sp³-hybridized carbons (Fsp3) is 0.400.